The van der Waals surface area contributed by atoms with Crippen molar-refractivity contribution in [2.45, 2.75) is 45.8 Å². The number of aryl methyl sites for hydroxylation is 1. The molecule has 2 aliphatic heterocycles. The van der Waals surface area contributed by atoms with Crippen LogP contribution in [0.1, 0.15) is 47.1 Å². The van der Waals surface area contributed by atoms with Crippen molar-refractivity contribution >= 4 is 5.91 Å². The summed E-state index contributed by atoms with van der Waals surface area (Å²) in [4.78, 5) is 17.5. The van der Waals surface area contributed by atoms with Crippen LogP contribution in [0, 0.1) is 0 Å². The van der Waals surface area contributed by atoms with E-state index in [1.807, 2.05) is 27.8 Å². The van der Waals surface area contributed by atoms with Crippen molar-refractivity contribution in [1.82, 2.24) is 19.6 Å². The molecule has 2 aromatic heterocycles. The van der Waals surface area contributed by atoms with Crippen molar-refractivity contribution in [2.24, 2.45) is 0 Å². The number of hydrogen-bond acceptors (Lipinski definition) is 4. The number of amides is 1. The fraction of sp³-hybridized carbons (Fsp3) is 0.417. The van der Waals surface area contributed by atoms with Crippen LogP contribution in [-0.2, 0) is 26.1 Å². The molecule has 0 radical (unpaired) electrons. The fourth-order valence-electron chi connectivity index (χ4n) is 4.76. The SMILES string of the molecule is CCn1nc(C(=O)N2CCCC2)c2c1CCN(Cc1ccccc1-c1ccco1)C2. The normalized spacial score (nSPS) is 16.8. The largest absolute Gasteiger partial charge is 0.464 e. The molecule has 6 heteroatoms. The third kappa shape index (κ3) is 3.45. The van der Waals surface area contributed by atoms with Crippen molar-refractivity contribution in [3.05, 3.63) is 65.2 Å². The van der Waals surface area contributed by atoms with Crippen LogP contribution < -0.4 is 0 Å². The smallest absolute Gasteiger partial charge is 0.274 e. The number of carbonyl (C=O) groups excluding carboxylic acids is 1. The molecule has 1 fully saturated rings. The van der Waals surface area contributed by atoms with Crippen molar-refractivity contribution in [1.29, 1.82) is 0 Å². The van der Waals surface area contributed by atoms with Crippen LogP contribution in [0.3, 0.4) is 0 Å². The van der Waals surface area contributed by atoms with E-state index in [1.54, 1.807) is 6.26 Å². The number of furan rings is 1. The van der Waals surface area contributed by atoms with Gasteiger partial charge in [-0.1, -0.05) is 24.3 Å². The Morgan fingerprint density at radius 1 is 1.10 bits per heavy atom. The van der Waals surface area contributed by atoms with E-state index in [-0.39, 0.29) is 5.91 Å². The van der Waals surface area contributed by atoms with Crippen LogP contribution in [0.25, 0.3) is 11.3 Å². The first kappa shape index (κ1) is 19.1. The van der Waals surface area contributed by atoms with Crippen molar-refractivity contribution in [2.75, 3.05) is 19.6 Å². The minimum absolute atomic E-state index is 0.105. The first-order valence-corrected chi connectivity index (χ1v) is 11.0. The third-order valence-electron chi connectivity index (χ3n) is 6.31. The highest BCUT2D eigenvalue weighted by molar-refractivity contribution is 5.94. The summed E-state index contributed by atoms with van der Waals surface area (Å²) >= 11 is 0. The first-order chi connectivity index (χ1) is 14.7. The topological polar surface area (TPSA) is 54.5 Å². The van der Waals surface area contributed by atoms with Gasteiger partial charge in [-0.25, -0.2) is 0 Å². The summed E-state index contributed by atoms with van der Waals surface area (Å²) in [7, 11) is 0. The van der Waals surface area contributed by atoms with Gasteiger partial charge in [-0.2, -0.15) is 5.10 Å². The second kappa shape index (κ2) is 8.11. The predicted octanol–water partition coefficient (Wildman–Crippen LogP) is 3.96. The van der Waals surface area contributed by atoms with Gasteiger partial charge < -0.3 is 9.32 Å². The molecule has 3 aromatic rings. The van der Waals surface area contributed by atoms with E-state index in [0.29, 0.717) is 5.69 Å². The quantitative estimate of drug-likeness (QED) is 0.646. The van der Waals surface area contributed by atoms with Gasteiger partial charge >= 0.3 is 0 Å². The number of fused-ring (bicyclic) bond motifs is 1. The highest BCUT2D eigenvalue weighted by Crippen LogP contribution is 2.29. The second-order valence-electron chi connectivity index (χ2n) is 8.18. The van der Waals surface area contributed by atoms with Crippen LogP contribution in [0.15, 0.2) is 47.1 Å². The third-order valence-corrected chi connectivity index (χ3v) is 6.31. The van der Waals surface area contributed by atoms with Gasteiger partial charge in [0.05, 0.1) is 6.26 Å². The van der Waals surface area contributed by atoms with E-state index >= 15 is 0 Å². The molecule has 0 saturated carbocycles. The van der Waals surface area contributed by atoms with Gasteiger partial charge in [0.25, 0.3) is 5.91 Å². The molecule has 0 bridgehead atoms. The lowest BCUT2D eigenvalue weighted by Gasteiger charge is -2.28. The highest BCUT2D eigenvalue weighted by Gasteiger charge is 2.31. The average Bonchev–Trinajstić information content (AvgIpc) is 3.54. The molecule has 0 aliphatic carbocycles. The summed E-state index contributed by atoms with van der Waals surface area (Å²) in [6, 6.07) is 12.3. The zero-order chi connectivity index (χ0) is 20.5. The number of aromatic nitrogens is 2. The summed E-state index contributed by atoms with van der Waals surface area (Å²) in [6.45, 7) is 7.16. The van der Waals surface area contributed by atoms with Crippen LogP contribution in [-0.4, -0.2) is 45.1 Å². The number of rotatable bonds is 5. The van der Waals surface area contributed by atoms with Gasteiger partial charge in [0, 0.05) is 62.5 Å². The monoisotopic (exact) mass is 404 g/mol. The summed E-state index contributed by atoms with van der Waals surface area (Å²) < 4.78 is 7.68. The lowest BCUT2D eigenvalue weighted by molar-refractivity contribution is 0.0783. The minimum Gasteiger partial charge on any atom is -0.464 e. The van der Waals surface area contributed by atoms with Gasteiger partial charge in [-0.15, -0.1) is 0 Å². The Kier molecular flexibility index (Phi) is 5.17. The minimum atomic E-state index is 0.105. The number of benzene rings is 1. The molecule has 1 amide bonds. The summed E-state index contributed by atoms with van der Waals surface area (Å²) in [6.07, 6.45) is 4.83. The lowest BCUT2D eigenvalue weighted by Crippen LogP contribution is -2.33. The molecule has 2 aliphatic rings. The molecular formula is C24H28N4O2. The fourth-order valence-corrected chi connectivity index (χ4v) is 4.76. The molecule has 0 unspecified atom stereocenters. The molecule has 1 aromatic carbocycles. The Balaban J connectivity index is 1.41. The maximum Gasteiger partial charge on any atom is 0.274 e. The number of nitrogens with zero attached hydrogens (tertiary/aromatic N) is 4. The van der Waals surface area contributed by atoms with Crippen LogP contribution in [0.5, 0.6) is 0 Å². The maximum atomic E-state index is 13.1. The zero-order valence-electron chi connectivity index (χ0n) is 17.5. The molecule has 6 nitrogen and oxygen atoms in total. The van der Waals surface area contributed by atoms with Crippen molar-refractivity contribution < 1.29 is 9.21 Å². The zero-order valence-corrected chi connectivity index (χ0v) is 17.5. The Morgan fingerprint density at radius 2 is 1.93 bits per heavy atom. The summed E-state index contributed by atoms with van der Waals surface area (Å²) in [5.41, 5.74) is 5.39. The van der Waals surface area contributed by atoms with Gasteiger partial charge in [0.15, 0.2) is 5.69 Å². The Hall–Kier alpha value is -2.86. The van der Waals surface area contributed by atoms with E-state index in [9.17, 15) is 4.79 Å². The summed E-state index contributed by atoms with van der Waals surface area (Å²) in [5, 5.41) is 4.74. The standard InChI is InChI=1S/C24H28N4O2/c1-2-28-21-11-14-26(16-18-8-3-4-9-19(18)22-10-7-15-30-22)17-20(21)23(25-28)24(29)27-12-5-6-13-27/h3-4,7-10,15H,2,5-6,11-14,16-17H2,1H3. The van der Waals surface area contributed by atoms with E-state index in [2.05, 4.69) is 30.0 Å². The van der Waals surface area contributed by atoms with Crippen LogP contribution in [0.2, 0.25) is 0 Å². The van der Waals surface area contributed by atoms with E-state index < -0.39 is 0 Å². The van der Waals surface area contributed by atoms with Gasteiger partial charge in [0.1, 0.15) is 5.76 Å². The number of hydrogen-bond donors (Lipinski definition) is 0. The molecule has 4 heterocycles. The molecule has 156 valence electrons. The molecule has 1 saturated heterocycles. The van der Waals surface area contributed by atoms with Gasteiger partial charge in [-0.3, -0.25) is 14.4 Å². The van der Waals surface area contributed by atoms with Crippen LogP contribution >= 0.6 is 0 Å². The molecule has 30 heavy (non-hydrogen) atoms. The lowest BCUT2D eigenvalue weighted by atomic mass is 10.0. The molecule has 5 rings (SSSR count). The maximum absolute atomic E-state index is 13.1. The molecule has 0 spiro atoms. The second-order valence-corrected chi connectivity index (χ2v) is 8.18. The molecule has 0 atom stereocenters. The van der Waals surface area contributed by atoms with E-state index in [1.165, 1.54) is 11.3 Å². The Labute approximate surface area is 177 Å². The highest BCUT2D eigenvalue weighted by atomic mass is 16.3. The summed E-state index contributed by atoms with van der Waals surface area (Å²) in [5.74, 6) is 1.00. The average molecular weight is 405 g/mol. The Bertz CT molecular complexity index is 1030. The first-order valence-electron chi connectivity index (χ1n) is 11.0. The van der Waals surface area contributed by atoms with E-state index in [4.69, 9.17) is 9.52 Å². The Morgan fingerprint density at radius 3 is 2.70 bits per heavy atom. The van der Waals surface area contributed by atoms with Gasteiger partial charge in [-0.05, 0) is 37.5 Å². The van der Waals surface area contributed by atoms with Crippen LogP contribution in [0.4, 0.5) is 0 Å². The van der Waals surface area contributed by atoms with Crippen molar-refractivity contribution in [3.63, 3.8) is 0 Å². The van der Waals surface area contributed by atoms with Gasteiger partial charge in [0.2, 0.25) is 0 Å². The predicted molar refractivity (Wildman–Crippen MR) is 115 cm³/mol. The number of likely N-dealkylation sites (tertiary alicyclic amines) is 1. The van der Waals surface area contributed by atoms with E-state index in [0.717, 1.165) is 75.4 Å². The van der Waals surface area contributed by atoms with Crippen molar-refractivity contribution in [3.8, 4) is 11.3 Å². The number of carbonyl (C=O) groups is 1. The molecular weight excluding hydrogens is 376 g/mol. The molecule has 0 N–H and O–H groups in total.